The standard InChI is InChI=1S/C25H26N4O3/c1-17-4-7-20(14-18(17)2)22-15-23-25(31)28(12-13-29(23)27-22)11-10-24(30)26-16-19-5-8-21(32-3)9-6-19/h4-9,12-15H,10-11,16H2,1-3H3,(H,26,30). The summed E-state index contributed by atoms with van der Waals surface area (Å²) in [5.41, 5.74) is 5.41. The van der Waals surface area contributed by atoms with Crippen LogP contribution in [-0.4, -0.2) is 27.2 Å². The van der Waals surface area contributed by atoms with Gasteiger partial charge in [0.25, 0.3) is 5.56 Å². The summed E-state index contributed by atoms with van der Waals surface area (Å²) in [6.07, 6.45) is 3.63. The van der Waals surface area contributed by atoms with E-state index in [9.17, 15) is 9.59 Å². The Labute approximate surface area is 186 Å². The highest BCUT2D eigenvalue weighted by Gasteiger charge is 2.11. The number of rotatable bonds is 7. The lowest BCUT2D eigenvalue weighted by atomic mass is 10.0. The third kappa shape index (κ3) is 4.56. The van der Waals surface area contributed by atoms with Crippen molar-refractivity contribution in [2.24, 2.45) is 0 Å². The zero-order valence-electron chi connectivity index (χ0n) is 18.5. The molecule has 0 aliphatic heterocycles. The van der Waals surface area contributed by atoms with Crippen molar-refractivity contribution in [3.05, 3.63) is 88.0 Å². The number of nitrogens with one attached hydrogen (secondary N) is 1. The van der Waals surface area contributed by atoms with Gasteiger partial charge in [0.15, 0.2) is 0 Å². The Hall–Kier alpha value is -3.87. The Kier molecular flexibility index (Phi) is 6.07. The molecule has 0 saturated carbocycles. The minimum atomic E-state index is -0.168. The molecule has 1 amide bonds. The lowest BCUT2D eigenvalue weighted by Gasteiger charge is -2.08. The van der Waals surface area contributed by atoms with E-state index in [4.69, 9.17) is 4.74 Å². The molecule has 0 aliphatic carbocycles. The predicted octanol–water partition coefficient (Wildman–Crippen LogP) is 3.49. The van der Waals surface area contributed by atoms with Crippen LogP contribution in [0.15, 0.2) is 65.7 Å². The van der Waals surface area contributed by atoms with Crippen molar-refractivity contribution in [2.45, 2.75) is 33.4 Å². The fraction of sp³-hybridized carbons (Fsp3) is 0.240. The van der Waals surface area contributed by atoms with Gasteiger partial charge in [-0.25, -0.2) is 4.52 Å². The summed E-state index contributed by atoms with van der Waals surface area (Å²) in [5.74, 6) is 0.660. The van der Waals surface area contributed by atoms with Crippen LogP contribution in [0.3, 0.4) is 0 Å². The normalized spacial score (nSPS) is 11.0. The van der Waals surface area contributed by atoms with Crippen molar-refractivity contribution < 1.29 is 9.53 Å². The van der Waals surface area contributed by atoms with Gasteiger partial charge < -0.3 is 14.6 Å². The number of aryl methyl sites for hydroxylation is 3. The highest BCUT2D eigenvalue weighted by atomic mass is 16.5. The smallest absolute Gasteiger partial charge is 0.276 e. The van der Waals surface area contributed by atoms with E-state index < -0.39 is 0 Å². The van der Waals surface area contributed by atoms with E-state index in [1.54, 1.807) is 34.7 Å². The first kappa shape index (κ1) is 21.4. The molecule has 0 radical (unpaired) electrons. The molecule has 7 heteroatoms. The van der Waals surface area contributed by atoms with E-state index in [2.05, 4.69) is 36.4 Å². The molecule has 2 aromatic carbocycles. The number of aromatic nitrogens is 3. The first-order valence-corrected chi connectivity index (χ1v) is 10.5. The minimum absolute atomic E-state index is 0.114. The van der Waals surface area contributed by atoms with Crippen molar-refractivity contribution in [1.29, 1.82) is 0 Å². The van der Waals surface area contributed by atoms with Crippen LogP contribution in [0.1, 0.15) is 23.1 Å². The van der Waals surface area contributed by atoms with Gasteiger partial charge in [-0.1, -0.05) is 24.3 Å². The molecule has 0 spiro atoms. The molecule has 0 atom stereocenters. The Morgan fingerprint density at radius 3 is 2.53 bits per heavy atom. The van der Waals surface area contributed by atoms with Crippen LogP contribution in [0, 0.1) is 13.8 Å². The fourth-order valence-corrected chi connectivity index (χ4v) is 3.50. The monoisotopic (exact) mass is 430 g/mol. The number of benzene rings is 2. The third-order valence-corrected chi connectivity index (χ3v) is 5.63. The summed E-state index contributed by atoms with van der Waals surface area (Å²) >= 11 is 0. The number of methoxy groups -OCH3 is 1. The molecular formula is C25H26N4O3. The van der Waals surface area contributed by atoms with E-state index in [-0.39, 0.29) is 17.9 Å². The SMILES string of the molecule is COc1ccc(CNC(=O)CCn2ccn3nc(-c4ccc(C)c(C)c4)cc3c2=O)cc1. The molecule has 0 saturated heterocycles. The molecule has 164 valence electrons. The molecule has 4 rings (SSSR count). The molecule has 2 heterocycles. The molecule has 0 bridgehead atoms. The van der Waals surface area contributed by atoms with Crippen molar-refractivity contribution >= 4 is 11.4 Å². The van der Waals surface area contributed by atoms with E-state index in [1.165, 1.54) is 11.1 Å². The number of ether oxygens (including phenoxy) is 1. The maximum absolute atomic E-state index is 12.9. The number of hydrogen-bond donors (Lipinski definition) is 1. The summed E-state index contributed by atoms with van der Waals surface area (Å²) in [6, 6.07) is 15.5. The molecule has 0 fully saturated rings. The van der Waals surface area contributed by atoms with Crippen LogP contribution in [0.4, 0.5) is 0 Å². The van der Waals surface area contributed by atoms with Gasteiger partial charge in [-0.2, -0.15) is 5.10 Å². The molecule has 32 heavy (non-hydrogen) atoms. The molecule has 0 unspecified atom stereocenters. The van der Waals surface area contributed by atoms with Crippen LogP contribution < -0.4 is 15.6 Å². The van der Waals surface area contributed by atoms with Crippen LogP contribution in [0.25, 0.3) is 16.8 Å². The molecular weight excluding hydrogens is 404 g/mol. The highest BCUT2D eigenvalue weighted by molar-refractivity contribution is 5.75. The van der Waals surface area contributed by atoms with Gasteiger partial charge in [-0.3, -0.25) is 9.59 Å². The largest absolute Gasteiger partial charge is 0.497 e. The first-order chi connectivity index (χ1) is 15.4. The molecule has 4 aromatic rings. The van der Waals surface area contributed by atoms with Gasteiger partial charge in [0, 0.05) is 37.5 Å². The summed E-state index contributed by atoms with van der Waals surface area (Å²) < 4.78 is 8.27. The predicted molar refractivity (Wildman–Crippen MR) is 124 cm³/mol. The van der Waals surface area contributed by atoms with Crippen LogP contribution in [0.2, 0.25) is 0 Å². The Balaban J connectivity index is 1.42. The van der Waals surface area contributed by atoms with Gasteiger partial charge >= 0.3 is 0 Å². The number of amides is 1. The lowest BCUT2D eigenvalue weighted by molar-refractivity contribution is -0.121. The van der Waals surface area contributed by atoms with Crippen molar-refractivity contribution in [2.75, 3.05) is 7.11 Å². The zero-order valence-corrected chi connectivity index (χ0v) is 18.5. The fourth-order valence-electron chi connectivity index (χ4n) is 3.50. The van der Waals surface area contributed by atoms with E-state index in [0.29, 0.717) is 18.6 Å². The number of hydrogen-bond acceptors (Lipinski definition) is 4. The van der Waals surface area contributed by atoms with Gasteiger partial charge in [0.05, 0.1) is 12.8 Å². The van der Waals surface area contributed by atoms with Crippen LogP contribution >= 0.6 is 0 Å². The second-order valence-corrected chi connectivity index (χ2v) is 7.83. The van der Waals surface area contributed by atoms with Gasteiger partial charge in [-0.05, 0) is 54.8 Å². The van der Waals surface area contributed by atoms with Crippen LogP contribution in [0.5, 0.6) is 5.75 Å². The summed E-state index contributed by atoms with van der Waals surface area (Å²) in [6.45, 7) is 4.85. The Bertz CT molecular complexity index is 1320. The van der Waals surface area contributed by atoms with Crippen molar-refractivity contribution in [1.82, 2.24) is 19.5 Å². The molecule has 7 nitrogen and oxygen atoms in total. The van der Waals surface area contributed by atoms with Gasteiger partial charge in [0.1, 0.15) is 11.3 Å². The second kappa shape index (κ2) is 9.09. The van der Waals surface area contributed by atoms with Gasteiger partial charge in [-0.15, -0.1) is 0 Å². The summed E-state index contributed by atoms with van der Waals surface area (Å²) in [5, 5.41) is 7.43. The van der Waals surface area contributed by atoms with E-state index >= 15 is 0 Å². The summed E-state index contributed by atoms with van der Waals surface area (Å²) in [4.78, 5) is 25.2. The maximum Gasteiger partial charge on any atom is 0.276 e. The van der Waals surface area contributed by atoms with Crippen molar-refractivity contribution in [3.8, 4) is 17.0 Å². The highest BCUT2D eigenvalue weighted by Crippen LogP contribution is 2.21. The average Bonchev–Trinajstić information content (AvgIpc) is 3.24. The molecule has 1 N–H and O–H groups in total. The Morgan fingerprint density at radius 2 is 1.81 bits per heavy atom. The maximum atomic E-state index is 12.9. The molecule has 0 aliphatic rings. The summed E-state index contributed by atoms with van der Waals surface area (Å²) in [7, 11) is 1.62. The molecule has 2 aromatic heterocycles. The minimum Gasteiger partial charge on any atom is -0.497 e. The number of fused-ring (bicyclic) bond motifs is 1. The zero-order chi connectivity index (χ0) is 22.7. The third-order valence-electron chi connectivity index (χ3n) is 5.63. The number of nitrogens with zero attached hydrogens (tertiary/aromatic N) is 3. The topological polar surface area (TPSA) is 77.6 Å². The Morgan fingerprint density at radius 1 is 1.03 bits per heavy atom. The van der Waals surface area contributed by atoms with Crippen molar-refractivity contribution in [3.63, 3.8) is 0 Å². The lowest BCUT2D eigenvalue weighted by Crippen LogP contribution is -2.27. The average molecular weight is 431 g/mol. The van der Waals surface area contributed by atoms with Crippen LogP contribution in [-0.2, 0) is 17.9 Å². The van der Waals surface area contributed by atoms with E-state index in [1.807, 2.05) is 30.3 Å². The quantitative estimate of drug-likeness (QED) is 0.487. The number of carbonyl (C=O) groups is 1. The first-order valence-electron chi connectivity index (χ1n) is 10.5. The number of carbonyl (C=O) groups excluding carboxylic acids is 1. The van der Waals surface area contributed by atoms with E-state index in [0.717, 1.165) is 22.6 Å². The van der Waals surface area contributed by atoms with Gasteiger partial charge in [0.2, 0.25) is 5.91 Å². The second-order valence-electron chi connectivity index (χ2n) is 7.83.